The average molecular weight is 282 g/mol. The number of rotatable bonds is 3. The predicted molar refractivity (Wildman–Crippen MR) is 57.4 cm³/mol. The van der Waals surface area contributed by atoms with Crippen LogP contribution >= 0.6 is 0 Å². The number of ether oxygens (including phenoxy) is 1. The van der Waals surface area contributed by atoms with Crippen LogP contribution in [0.25, 0.3) is 0 Å². The molecule has 1 aromatic carbocycles. The van der Waals surface area contributed by atoms with Gasteiger partial charge in [0.25, 0.3) is 20.2 Å². The molecule has 0 saturated heterocycles. The molecule has 0 fully saturated rings. The fraction of sp³-hybridized carbons (Fsp3) is 0.250. The van der Waals surface area contributed by atoms with E-state index in [0.29, 0.717) is 6.07 Å². The first-order chi connectivity index (χ1) is 7.57. The fourth-order valence-corrected chi connectivity index (χ4v) is 2.75. The van der Waals surface area contributed by atoms with Gasteiger partial charge in [0.05, 0.1) is 12.0 Å². The Hall–Kier alpha value is -1.16. The van der Waals surface area contributed by atoms with E-state index in [1.54, 1.807) is 0 Å². The molecule has 0 radical (unpaired) electrons. The first-order valence-electron chi connectivity index (χ1n) is 4.21. The van der Waals surface area contributed by atoms with Crippen LogP contribution in [0.5, 0.6) is 5.75 Å². The van der Waals surface area contributed by atoms with Crippen molar-refractivity contribution < 1.29 is 30.7 Å². The molecule has 0 aliphatic rings. The molecule has 17 heavy (non-hydrogen) atoms. The molecule has 0 spiro atoms. The number of aryl methyl sites for hydroxylation is 1. The van der Waals surface area contributed by atoms with Crippen LogP contribution in [0.15, 0.2) is 21.9 Å². The molecule has 0 aromatic heterocycles. The molecule has 0 atom stereocenters. The molecule has 9 heteroatoms. The summed E-state index contributed by atoms with van der Waals surface area (Å²) in [5.74, 6) is -0.211. The molecular formula is C8H10O7S2. The van der Waals surface area contributed by atoms with E-state index in [1.165, 1.54) is 6.92 Å². The Morgan fingerprint density at radius 2 is 1.47 bits per heavy atom. The predicted octanol–water partition coefficient (Wildman–Crippen LogP) is 0.497. The fourth-order valence-electron chi connectivity index (χ4n) is 1.28. The second kappa shape index (κ2) is 4.26. The SMILES string of the molecule is COc1cc(C)c(S(=O)(=O)O)cc1S(=O)(=O)O. The summed E-state index contributed by atoms with van der Waals surface area (Å²) in [6.07, 6.45) is 0. The van der Waals surface area contributed by atoms with Gasteiger partial charge in [-0.25, -0.2) is 0 Å². The Balaban J connectivity index is 3.73. The number of benzene rings is 1. The molecular weight excluding hydrogens is 272 g/mol. The maximum Gasteiger partial charge on any atom is 0.298 e. The monoisotopic (exact) mass is 282 g/mol. The normalized spacial score (nSPS) is 12.5. The third-order valence-corrected chi connectivity index (χ3v) is 3.89. The lowest BCUT2D eigenvalue weighted by molar-refractivity contribution is 0.396. The Labute approximate surface area is 98.5 Å². The summed E-state index contributed by atoms with van der Waals surface area (Å²) in [6, 6.07) is 1.73. The van der Waals surface area contributed by atoms with Crippen LogP contribution in [0, 0.1) is 6.92 Å². The zero-order chi connectivity index (χ0) is 13.4. The number of hydrogen-bond donors (Lipinski definition) is 2. The van der Waals surface area contributed by atoms with E-state index in [0.717, 1.165) is 13.2 Å². The van der Waals surface area contributed by atoms with Crippen LogP contribution in [0.3, 0.4) is 0 Å². The summed E-state index contributed by atoms with van der Waals surface area (Å²) in [5, 5.41) is 0. The van der Waals surface area contributed by atoms with Crippen molar-refractivity contribution in [2.45, 2.75) is 16.7 Å². The van der Waals surface area contributed by atoms with Crippen molar-refractivity contribution in [1.29, 1.82) is 0 Å². The standard InChI is InChI=1S/C8H10O7S2/c1-5-3-6(15-2)8(17(12,13)14)4-7(5)16(9,10)11/h3-4H,1-2H3,(H,9,10,11)(H,12,13,14). The summed E-state index contributed by atoms with van der Waals surface area (Å²) in [6.45, 7) is 1.35. The van der Waals surface area contributed by atoms with Gasteiger partial charge in [0, 0.05) is 0 Å². The largest absolute Gasteiger partial charge is 0.495 e. The van der Waals surface area contributed by atoms with E-state index >= 15 is 0 Å². The molecule has 2 N–H and O–H groups in total. The highest BCUT2D eigenvalue weighted by atomic mass is 32.2. The Bertz CT molecular complexity index is 643. The maximum atomic E-state index is 11.0. The van der Waals surface area contributed by atoms with Crippen molar-refractivity contribution in [3.63, 3.8) is 0 Å². The van der Waals surface area contributed by atoms with Crippen molar-refractivity contribution in [2.75, 3.05) is 7.11 Å². The quantitative estimate of drug-likeness (QED) is 0.775. The first-order valence-corrected chi connectivity index (χ1v) is 7.09. The van der Waals surface area contributed by atoms with E-state index < -0.39 is 30.0 Å². The molecule has 96 valence electrons. The summed E-state index contributed by atoms with van der Waals surface area (Å²) in [5.41, 5.74) is 0.0942. The molecule has 1 rings (SSSR count). The second-order valence-corrected chi connectivity index (χ2v) is 6.00. The summed E-state index contributed by atoms with van der Waals surface area (Å²) >= 11 is 0. The highest BCUT2D eigenvalue weighted by molar-refractivity contribution is 7.86. The molecule has 0 heterocycles. The highest BCUT2D eigenvalue weighted by Gasteiger charge is 2.23. The summed E-state index contributed by atoms with van der Waals surface area (Å²) < 4.78 is 66.4. The van der Waals surface area contributed by atoms with Crippen LogP contribution < -0.4 is 4.74 Å². The van der Waals surface area contributed by atoms with Crippen LogP contribution in [-0.2, 0) is 20.2 Å². The van der Waals surface area contributed by atoms with Crippen molar-refractivity contribution in [2.24, 2.45) is 0 Å². The van der Waals surface area contributed by atoms with E-state index in [2.05, 4.69) is 0 Å². The topological polar surface area (TPSA) is 118 Å². The van der Waals surface area contributed by atoms with Crippen LogP contribution in [0.1, 0.15) is 5.56 Å². The van der Waals surface area contributed by atoms with Gasteiger partial charge in [-0.3, -0.25) is 9.11 Å². The van der Waals surface area contributed by atoms with Gasteiger partial charge in [0.2, 0.25) is 0 Å². The first kappa shape index (κ1) is 13.9. The lowest BCUT2D eigenvalue weighted by Crippen LogP contribution is -2.07. The zero-order valence-electron chi connectivity index (χ0n) is 8.91. The van der Waals surface area contributed by atoms with Gasteiger partial charge in [0.1, 0.15) is 10.6 Å². The third-order valence-electron chi connectivity index (χ3n) is 2.02. The van der Waals surface area contributed by atoms with Gasteiger partial charge in [-0.2, -0.15) is 16.8 Å². The van der Waals surface area contributed by atoms with Gasteiger partial charge < -0.3 is 4.74 Å². The van der Waals surface area contributed by atoms with Gasteiger partial charge in [-0.05, 0) is 24.6 Å². The second-order valence-electron chi connectivity index (χ2n) is 3.22. The third kappa shape index (κ3) is 2.94. The van der Waals surface area contributed by atoms with Crippen LogP contribution in [-0.4, -0.2) is 33.1 Å². The number of hydrogen-bond acceptors (Lipinski definition) is 5. The van der Waals surface area contributed by atoms with Gasteiger partial charge in [-0.15, -0.1) is 0 Å². The van der Waals surface area contributed by atoms with Gasteiger partial charge in [0.15, 0.2) is 0 Å². The lowest BCUT2D eigenvalue weighted by atomic mass is 10.2. The smallest absolute Gasteiger partial charge is 0.298 e. The Morgan fingerprint density at radius 1 is 1.00 bits per heavy atom. The Morgan fingerprint density at radius 3 is 1.82 bits per heavy atom. The Kier molecular flexibility index (Phi) is 3.48. The van der Waals surface area contributed by atoms with E-state index in [4.69, 9.17) is 13.8 Å². The molecule has 0 bridgehead atoms. The molecule has 0 aliphatic carbocycles. The molecule has 0 aliphatic heterocycles. The van der Waals surface area contributed by atoms with Gasteiger partial charge in [-0.1, -0.05) is 0 Å². The van der Waals surface area contributed by atoms with Crippen molar-refractivity contribution >= 4 is 20.2 Å². The zero-order valence-corrected chi connectivity index (χ0v) is 10.5. The average Bonchev–Trinajstić information content (AvgIpc) is 2.13. The highest BCUT2D eigenvalue weighted by Crippen LogP contribution is 2.29. The minimum atomic E-state index is -4.65. The minimum absolute atomic E-state index is 0.0942. The minimum Gasteiger partial charge on any atom is -0.495 e. The lowest BCUT2D eigenvalue weighted by Gasteiger charge is -2.09. The van der Waals surface area contributed by atoms with Crippen LogP contribution in [0.4, 0.5) is 0 Å². The van der Waals surface area contributed by atoms with Crippen molar-refractivity contribution in [3.8, 4) is 5.75 Å². The molecule has 7 nitrogen and oxygen atoms in total. The maximum absolute atomic E-state index is 11.0. The summed E-state index contributed by atoms with van der Waals surface area (Å²) in [4.78, 5) is -1.33. The molecule has 1 aromatic rings. The van der Waals surface area contributed by atoms with Gasteiger partial charge >= 0.3 is 0 Å². The summed E-state index contributed by atoms with van der Waals surface area (Å²) in [7, 11) is -8.05. The van der Waals surface area contributed by atoms with Crippen molar-refractivity contribution in [1.82, 2.24) is 0 Å². The number of methoxy groups -OCH3 is 1. The molecule has 0 saturated carbocycles. The van der Waals surface area contributed by atoms with Crippen molar-refractivity contribution in [3.05, 3.63) is 17.7 Å². The molecule has 0 unspecified atom stereocenters. The van der Waals surface area contributed by atoms with E-state index in [1.807, 2.05) is 0 Å². The molecule has 0 amide bonds. The van der Waals surface area contributed by atoms with Crippen LogP contribution in [0.2, 0.25) is 0 Å². The van der Waals surface area contributed by atoms with E-state index in [9.17, 15) is 16.8 Å². The van der Waals surface area contributed by atoms with E-state index in [-0.39, 0.29) is 11.3 Å².